The van der Waals surface area contributed by atoms with Gasteiger partial charge < -0.3 is 8.83 Å². The molecular weight excluding hydrogens is 615 g/mol. The Morgan fingerprint density at radius 1 is 0.320 bits per heavy atom. The lowest BCUT2D eigenvalue weighted by molar-refractivity contribution is 0.668. The third-order valence-corrected chi connectivity index (χ3v) is 9.90. The summed E-state index contributed by atoms with van der Waals surface area (Å²) in [6.07, 6.45) is 0. The zero-order chi connectivity index (χ0) is 32.8. The van der Waals surface area contributed by atoms with E-state index >= 15 is 0 Å². The van der Waals surface area contributed by atoms with E-state index < -0.39 is 0 Å². The number of hydrogen-bond donors (Lipinski definition) is 0. The van der Waals surface area contributed by atoms with Crippen LogP contribution in [0, 0.1) is 0 Å². The minimum Gasteiger partial charge on any atom is -0.456 e. The monoisotopic (exact) mass is 639 g/mol. The van der Waals surface area contributed by atoms with Crippen LogP contribution in [0.4, 0.5) is 0 Å². The summed E-state index contributed by atoms with van der Waals surface area (Å²) in [5.41, 5.74) is 6.07. The number of aromatic nitrogens is 3. The Kier molecular flexibility index (Phi) is 5.60. The highest BCUT2D eigenvalue weighted by Gasteiger charge is 2.19. The van der Waals surface area contributed by atoms with Crippen LogP contribution in [0.15, 0.2) is 160 Å². The van der Waals surface area contributed by atoms with E-state index in [0.717, 1.165) is 76.7 Å². The van der Waals surface area contributed by atoms with Crippen molar-refractivity contribution in [2.45, 2.75) is 0 Å². The normalized spacial score (nSPS) is 12.0. The van der Waals surface area contributed by atoms with Crippen molar-refractivity contribution in [3.05, 3.63) is 152 Å². The molecule has 0 spiro atoms. The van der Waals surface area contributed by atoms with Crippen molar-refractivity contribution in [2.24, 2.45) is 0 Å². The highest BCUT2D eigenvalue weighted by Crippen LogP contribution is 2.39. The van der Waals surface area contributed by atoms with Gasteiger partial charge in [-0.25, -0.2) is 15.0 Å². The van der Waals surface area contributed by atoms with Crippen LogP contribution in [0.2, 0.25) is 0 Å². The third-order valence-electron chi connectivity index (χ3n) is 9.90. The second-order valence-electron chi connectivity index (χ2n) is 12.8. The van der Waals surface area contributed by atoms with E-state index in [1.807, 2.05) is 42.5 Å². The SMILES string of the molecule is c1ccc2c(c1)ccc1ccc(-c3nc(-c4ccc5ccc6oc7ccccc7c6c5c4)nc(-c4cccc5oc6ccccc6c45)n3)cc12. The maximum atomic E-state index is 6.27. The van der Waals surface area contributed by atoms with Crippen molar-refractivity contribution in [3.8, 4) is 34.2 Å². The fourth-order valence-corrected chi connectivity index (χ4v) is 7.54. The maximum Gasteiger partial charge on any atom is 0.164 e. The Labute approximate surface area is 285 Å². The topological polar surface area (TPSA) is 65.0 Å². The van der Waals surface area contributed by atoms with E-state index in [9.17, 15) is 0 Å². The van der Waals surface area contributed by atoms with E-state index in [0.29, 0.717) is 17.5 Å². The molecule has 0 aliphatic carbocycles. The molecule has 50 heavy (non-hydrogen) atoms. The van der Waals surface area contributed by atoms with Gasteiger partial charge in [0.15, 0.2) is 17.5 Å². The second-order valence-corrected chi connectivity index (χ2v) is 12.8. The highest BCUT2D eigenvalue weighted by molar-refractivity contribution is 6.19. The summed E-state index contributed by atoms with van der Waals surface area (Å²) in [6, 6.07) is 52.3. The van der Waals surface area contributed by atoms with Crippen LogP contribution in [0.5, 0.6) is 0 Å². The zero-order valence-corrected chi connectivity index (χ0v) is 26.6. The summed E-state index contributed by atoms with van der Waals surface area (Å²) in [7, 11) is 0. The highest BCUT2D eigenvalue weighted by atomic mass is 16.3. The maximum absolute atomic E-state index is 6.27. The van der Waals surface area contributed by atoms with Crippen LogP contribution >= 0.6 is 0 Å². The lowest BCUT2D eigenvalue weighted by Gasteiger charge is -2.11. The van der Waals surface area contributed by atoms with Crippen molar-refractivity contribution < 1.29 is 8.83 Å². The minimum absolute atomic E-state index is 0.590. The number of nitrogens with zero attached hydrogens (tertiary/aromatic N) is 3. The van der Waals surface area contributed by atoms with Gasteiger partial charge in [0, 0.05) is 38.2 Å². The molecule has 5 heteroatoms. The van der Waals surface area contributed by atoms with Gasteiger partial charge in [0.2, 0.25) is 0 Å². The van der Waals surface area contributed by atoms with Crippen molar-refractivity contribution >= 4 is 76.2 Å². The summed E-state index contributed by atoms with van der Waals surface area (Å²) >= 11 is 0. The third kappa shape index (κ3) is 4.04. The molecule has 0 aliphatic heterocycles. The van der Waals surface area contributed by atoms with Gasteiger partial charge in [0.1, 0.15) is 22.3 Å². The first-order valence-electron chi connectivity index (χ1n) is 16.7. The van der Waals surface area contributed by atoms with E-state index in [2.05, 4.69) is 109 Å². The average molecular weight is 640 g/mol. The van der Waals surface area contributed by atoms with Crippen molar-refractivity contribution in [1.82, 2.24) is 15.0 Å². The number of rotatable bonds is 3. The Morgan fingerprint density at radius 2 is 0.820 bits per heavy atom. The van der Waals surface area contributed by atoms with Crippen molar-refractivity contribution in [2.75, 3.05) is 0 Å². The van der Waals surface area contributed by atoms with E-state index in [-0.39, 0.29) is 0 Å². The van der Waals surface area contributed by atoms with Gasteiger partial charge in [-0.3, -0.25) is 0 Å². The smallest absolute Gasteiger partial charge is 0.164 e. The number of hydrogen-bond acceptors (Lipinski definition) is 5. The van der Waals surface area contributed by atoms with Gasteiger partial charge in [-0.1, -0.05) is 115 Å². The molecule has 0 unspecified atom stereocenters. The standard InChI is InChI=1S/C45H25N3O2/c1-2-9-31-26(8-1)16-17-27-18-20-29(24-35(27)31)43-46-44(48-45(47-43)34-12-7-15-39-41(34)32-10-3-5-13-37(32)49-39)30-21-19-28-22-23-40-42(36(28)25-30)33-11-4-6-14-38(33)50-40/h1-25H. The summed E-state index contributed by atoms with van der Waals surface area (Å²) < 4.78 is 12.5. The fourth-order valence-electron chi connectivity index (χ4n) is 7.54. The molecule has 8 aromatic carbocycles. The van der Waals surface area contributed by atoms with E-state index in [1.54, 1.807) is 0 Å². The molecule has 0 bridgehead atoms. The first-order valence-corrected chi connectivity index (χ1v) is 16.7. The van der Waals surface area contributed by atoms with Crippen LogP contribution in [-0.2, 0) is 0 Å². The summed E-state index contributed by atoms with van der Waals surface area (Å²) in [4.78, 5) is 15.6. The second kappa shape index (κ2) is 10.3. The molecule has 0 fully saturated rings. The van der Waals surface area contributed by atoms with Gasteiger partial charge in [-0.15, -0.1) is 0 Å². The number of furan rings is 2. The van der Waals surface area contributed by atoms with Crippen LogP contribution in [0.25, 0.3) is 110 Å². The Hall–Kier alpha value is -6.85. The molecule has 0 amide bonds. The molecule has 0 N–H and O–H groups in total. The molecular formula is C45H25N3O2. The van der Waals surface area contributed by atoms with Crippen LogP contribution in [0.1, 0.15) is 0 Å². The predicted molar refractivity (Wildman–Crippen MR) is 203 cm³/mol. The summed E-state index contributed by atoms with van der Waals surface area (Å²) in [5.74, 6) is 1.79. The molecule has 0 saturated heterocycles. The van der Waals surface area contributed by atoms with Gasteiger partial charge in [0.05, 0.1) is 0 Å². The molecule has 11 aromatic rings. The van der Waals surface area contributed by atoms with Gasteiger partial charge >= 0.3 is 0 Å². The largest absolute Gasteiger partial charge is 0.456 e. The first kappa shape index (κ1) is 27.1. The first-order chi connectivity index (χ1) is 24.7. The van der Waals surface area contributed by atoms with Gasteiger partial charge in [-0.2, -0.15) is 0 Å². The molecule has 0 atom stereocenters. The lowest BCUT2D eigenvalue weighted by atomic mass is 9.99. The van der Waals surface area contributed by atoms with Crippen molar-refractivity contribution in [1.29, 1.82) is 0 Å². The Bertz CT molecular complexity index is 3170. The quantitative estimate of drug-likeness (QED) is 0.180. The van der Waals surface area contributed by atoms with E-state index in [1.165, 1.54) is 16.2 Å². The van der Waals surface area contributed by atoms with Gasteiger partial charge in [-0.05, 0) is 68.7 Å². The number of fused-ring (bicyclic) bond motifs is 11. The number of para-hydroxylation sites is 2. The number of benzene rings is 8. The Balaban J connectivity index is 1.19. The van der Waals surface area contributed by atoms with Crippen LogP contribution in [0.3, 0.4) is 0 Å². The Morgan fingerprint density at radius 3 is 1.56 bits per heavy atom. The van der Waals surface area contributed by atoms with Crippen LogP contribution < -0.4 is 0 Å². The lowest BCUT2D eigenvalue weighted by Crippen LogP contribution is -2.00. The van der Waals surface area contributed by atoms with Gasteiger partial charge in [0.25, 0.3) is 0 Å². The molecule has 3 heterocycles. The summed E-state index contributed by atoms with van der Waals surface area (Å²) in [6.45, 7) is 0. The molecule has 11 rings (SSSR count). The predicted octanol–water partition coefficient (Wildman–Crippen LogP) is 12.1. The molecule has 0 radical (unpaired) electrons. The molecule has 0 aliphatic rings. The zero-order valence-electron chi connectivity index (χ0n) is 26.6. The minimum atomic E-state index is 0.590. The summed E-state index contributed by atoms with van der Waals surface area (Å²) in [5, 5.41) is 11.1. The molecule has 232 valence electrons. The van der Waals surface area contributed by atoms with Crippen LogP contribution in [-0.4, -0.2) is 15.0 Å². The fraction of sp³-hybridized carbons (Fsp3) is 0. The molecule has 5 nitrogen and oxygen atoms in total. The average Bonchev–Trinajstić information content (AvgIpc) is 3.76. The molecule has 3 aromatic heterocycles. The molecule has 0 saturated carbocycles. The van der Waals surface area contributed by atoms with Crippen molar-refractivity contribution in [3.63, 3.8) is 0 Å². The van der Waals surface area contributed by atoms with E-state index in [4.69, 9.17) is 23.8 Å².